The van der Waals surface area contributed by atoms with Crippen LogP contribution in [0.1, 0.15) is 0 Å². The van der Waals surface area contributed by atoms with Gasteiger partial charge in [-0.25, -0.2) is 0 Å². The molecule has 6 heavy (non-hydrogen) atoms. The monoisotopic (exact) mass is 107 g/mol. The molecule has 0 aromatic rings. The van der Waals surface area contributed by atoms with Crippen LogP contribution in [0.25, 0.3) is 0 Å². The predicted molar refractivity (Wildman–Crippen MR) is 27.0 cm³/mol. The predicted octanol–water partition coefficient (Wildman–Crippen LogP) is 0.129. The van der Waals surface area contributed by atoms with E-state index in [0.717, 1.165) is 0 Å². The van der Waals surface area contributed by atoms with Gasteiger partial charge in [0.05, 0.1) is 1.23 Å². The summed E-state index contributed by atoms with van der Waals surface area (Å²) in [6.07, 6.45) is 0. The molecule has 0 bridgehead atoms. The van der Waals surface area contributed by atoms with Crippen LogP contribution in [0, 0.1) is 0 Å². The molecule has 0 saturated heterocycles. The highest BCUT2D eigenvalue weighted by atomic mass is 28.3. The Morgan fingerprint density at radius 1 is 1.50 bits per heavy atom. The molecule has 0 atom stereocenters. The van der Waals surface area contributed by atoms with Crippen LogP contribution >= 0.6 is 0 Å². The van der Waals surface area contributed by atoms with Gasteiger partial charge < -0.3 is 8.85 Å². The summed E-state index contributed by atoms with van der Waals surface area (Å²) in [4.78, 5) is 0. The third-order valence-electron chi connectivity index (χ3n) is 0.575. The minimum absolute atomic E-state index is 1.49. The van der Waals surface area contributed by atoms with Gasteiger partial charge in [0, 0.05) is 14.2 Å². The van der Waals surface area contributed by atoms with E-state index >= 15 is 0 Å². The smallest absolute Gasteiger partial charge is 0.317 e. The summed E-state index contributed by atoms with van der Waals surface area (Å²) in [5, 5.41) is 0. The molecule has 3 heteroatoms. The van der Waals surface area contributed by atoms with Crippen molar-refractivity contribution in [1.82, 2.24) is 0 Å². The first-order valence-electron chi connectivity index (χ1n) is 2.22. The lowest BCUT2D eigenvalue weighted by molar-refractivity contribution is 0.285. The van der Waals surface area contributed by atoms with Crippen LogP contribution in [0.5, 0.6) is 0 Å². The largest absolute Gasteiger partial charge is 0.400 e. The molecule has 0 aromatic heterocycles. The van der Waals surface area contributed by atoms with Crippen molar-refractivity contribution < 1.29 is 8.85 Å². The maximum Gasteiger partial charge on any atom is 0.317 e. The Morgan fingerprint density at radius 3 is 1.83 bits per heavy atom. The molecule has 0 aliphatic carbocycles. The summed E-state index contributed by atoms with van der Waals surface area (Å²) in [5.41, 5.74) is 0. The maximum atomic E-state index is 7.12. The van der Waals surface area contributed by atoms with Gasteiger partial charge in [-0.3, -0.25) is 0 Å². The maximum absolute atomic E-state index is 7.12. The number of hydrogen-bond acceptors (Lipinski definition) is 2. The first-order valence-corrected chi connectivity index (χ1v) is 3.54. The van der Waals surface area contributed by atoms with E-state index in [-0.39, 0.29) is 0 Å². The molecule has 0 saturated carbocycles. The van der Waals surface area contributed by atoms with Crippen molar-refractivity contribution in [2.24, 2.45) is 0 Å². The molecule has 38 valence electrons. The van der Waals surface area contributed by atoms with Crippen LogP contribution < -0.4 is 0 Å². The van der Waals surface area contributed by atoms with Crippen molar-refractivity contribution in [3.05, 3.63) is 0 Å². The SMILES string of the molecule is [2H][Si](C)(OC)OC. The number of hydrogen-bond donors (Lipinski definition) is 0. The molecule has 0 aliphatic rings. The summed E-state index contributed by atoms with van der Waals surface area (Å²) in [5.74, 6) is 0. The Morgan fingerprint density at radius 2 is 1.83 bits per heavy atom. The van der Waals surface area contributed by atoms with E-state index in [1.165, 1.54) is 14.2 Å². The fourth-order valence-electron chi connectivity index (χ4n) is 0.0833. The normalized spacial score (nSPS) is 14.2. The summed E-state index contributed by atoms with van der Waals surface area (Å²) >= 11 is 0. The molecule has 0 fully saturated rings. The van der Waals surface area contributed by atoms with E-state index < -0.39 is 9.22 Å². The van der Waals surface area contributed by atoms with Gasteiger partial charge in [0.25, 0.3) is 0 Å². The van der Waals surface area contributed by atoms with E-state index in [1.807, 2.05) is 0 Å². The molecule has 0 rings (SSSR count). The Labute approximate surface area is 41.1 Å². The second-order valence-corrected chi connectivity index (χ2v) is 2.70. The van der Waals surface area contributed by atoms with Crippen molar-refractivity contribution in [3.8, 4) is 0 Å². The second kappa shape index (κ2) is 3.33. The van der Waals surface area contributed by atoms with Crippen molar-refractivity contribution in [2.45, 2.75) is 6.55 Å². The van der Waals surface area contributed by atoms with Crippen LogP contribution in [-0.4, -0.2) is 24.7 Å². The zero-order valence-corrected chi connectivity index (χ0v) is 5.32. The van der Waals surface area contributed by atoms with Crippen molar-refractivity contribution in [1.29, 1.82) is 1.23 Å². The van der Waals surface area contributed by atoms with Crippen LogP contribution in [0.15, 0.2) is 0 Å². The van der Waals surface area contributed by atoms with Crippen LogP contribution in [0.3, 0.4) is 0 Å². The van der Waals surface area contributed by atoms with Crippen molar-refractivity contribution >= 4 is 9.22 Å². The lowest BCUT2D eigenvalue weighted by atomic mass is 11.8. The zero-order valence-electron chi connectivity index (χ0n) is 5.32. The summed E-state index contributed by atoms with van der Waals surface area (Å²) < 4.78 is 16.5. The fourth-order valence-corrected chi connectivity index (χ4v) is 0.250. The van der Waals surface area contributed by atoms with E-state index in [2.05, 4.69) is 8.85 Å². The molecule has 0 N–H and O–H groups in total. The summed E-state index contributed by atoms with van der Waals surface area (Å²) in [7, 11) is 0.576. The minimum atomic E-state index is -2.40. The molecule has 0 aromatic carbocycles. The fraction of sp³-hybridized carbons (Fsp3) is 1.00. The van der Waals surface area contributed by atoms with Gasteiger partial charge in [-0.2, -0.15) is 0 Å². The van der Waals surface area contributed by atoms with E-state index in [9.17, 15) is 0 Å². The molecule has 0 spiro atoms. The lowest BCUT2D eigenvalue weighted by Crippen LogP contribution is -2.12. The Kier molecular flexibility index (Phi) is 2.39. The molecule has 0 aliphatic heterocycles. The average molecular weight is 107 g/mol. The average Bonchev–Trinajstić information content (AvgIpc) is 1.68. The molecule has 0 unspecified atom stereocenters. The first kappa shape index (κ1) is 4.30. The van der Waals surface area contributed by atoms with E-state index in [0.29, 0.717) is 0 Å². The van der Waals surface area contributed by atoms with Gasteiger partial charge in [0.2, 0.25) is 0 Å². The number of rotatable bonds is 2. The molecule has 0 heterocycles. The first-order chi connectivity index (χ1) is 3.12. The topological polar surface area (TPSA) is 18.5 Å². The zero-order chi connectivity index (χ0) is 5.91. The highest BCUT2D eigenvalue weighted by molar-refractivity contribution is 6.42. The van der Waals surface area contributed by atoms with Gasteiger partial charge in [-0.05, 0) is 6.55 Å². The summed E-state index contributed by atoms with van der Waals surface area (Å²) in [6.45, 7) is 1.66. The Bertz CT molecular complexity index is 50.9. The van der Waals surface area contributed by atoms with Crippen LogP contribution in [0.2, 0.25) is 6.55 Å². The second-order valence-electron chi connectivity index (χ2n) is 0.900. The molecule has 2 nitrogen and oxygen atoms in total. The van der Waals surface area contributed by atoms with E-state index in [1.54, 1.807) is 6.55 Å². The molecular weight excluding hydrogens is 96.1 g/mol. The summed E-state index contributed by atoms with van der Waals surface area (Å²) in [6, 6.07) is 0. The van der Waals surface area contributed by atoms with Gasteiger partial charge >= 0.3 is 9.22 Å². The highest BCUT2D eigenvalue weighted by Gasteiger charge is 1.94. The Balaban J connectivity index is 3.36. The van der Waals surface area contributed by atoms with E-state index in [4.69, 9.17) is 1.23 Å². The standard InChI is InChI=1S/C3H10O2Si/c1-4-6(3)5-2/h6H,1-3H3/i6D. The van der Waals surface area contributed by atoms with Gasteiger partial charge in [0.1, 0.15) is 0 Å². The van der Waals surface area contributed by atoms with Gasteiger partial charge in [-0.15, -0.1) is 0 Å². The van der Waals surface area contributed by atoms with Crippen LogP contribution in [0.4, 0.5) is 0 Å². The van der Waals surface area contributed by atoms with Gasteiger partial charge in [-0.1, -0.05) is 0 Å². The molecular formula is C3H10O2Si. The molecule has 0 radical (unpaired) electrons. The lowest BCUT2D eigenvalue weighted by Gasteiger charge is -2.00. The third-order valence-corrected chi connectivity index (χ3v) is 1.72. The quantitative estimate of drug-likeness (QED) is 0.467. The van der Waals surface area contributed by atoms with Crippen molar-refractivity contribution in [2.75, 3.05) is 14.2 Å². The van der Waals surface area contributed by atoms with Crippen molar-refractivity contribution in [3.63, 3.8) is 0 Å². The van der Waals surface area contributed by atoms with Crippen LogP contribution in [-0.2, 0) is 8.85 Å². The highest BCUT2D eigenvalue weighted by Crippen LogP contribution is 1.77. The van der Waals surface area contributed by atoms with Gasteiger partial charge in [0.15, 0.2) is 0 Å². The molecule has 0 amide bonds. The third kappa shape index (κ3) is 2.38. The minimum Gasteiger partial charge on any atom is -0.400 e. The Hall–Kier alpha value is 0.137.